The Morgan fingerprint density at radius 1 is 1.30 bits per heavy atom. The standard InChI is InChI=1S/C16H18ClNO5/c1-21-10-3-4-12(17)11(9-10)13-14(19)16(23-15(13)20)5-7-18(22-2)8-6-16/h3-4,9,19H,5-8H2,1-2H3. The lowest BCUT2D eigenvalue weighted by Gasteiger charge is -2.36. The normalized spacial score (nSPS) is 20.9. The summed E-state index contributed by atoms with van der Waals surface area (Å²) in [6, 6.07) is 4.94. The Morgan fingerprint density at radius 3 is 2.61 bits per heavy atom. The molecule has 0 unspecified atom stereocenters. The van der Waals surface area contributed by atoms with E-state index in [1.165, 1.54) is 7.11 Å². The molecule has 23 heavy (non-hydrogen) atoms. The number of hydrogen-bond acceptors (Lipinski definition) is 6. The van der Waals surface area contributed by atoms with Crippen LogP contribution in [0.15, 0.2) is 24.0 Å². The molecule has 1 spiro atoms. The minimum absolute atomic E-state index is 0.0617. The number of methoxy groups -OCH3 is 1. The average molecular weight is 340 g/mol. The SMILES string of the molecule is COc1ccc(Cl)c(C2=C(O)C3(CCN(OC)CC3)OC2=O)c1. The zero-order valence-electron chi connectivity index (χ0n) is 13.0. The van der Waals surface area contributed by atoms with Gasteiger partial charge in [-0.1, -0.05) is 11.6 Å². The van der Waals surface area contributed by atoms with Gasteiger partial charge in [-0.25, -0.2) is 4.79 Å². The number of carbonyl (C=O) groups excluding carboxylic acids is 1. The number of carbonyl (C=O) groups is 1. The van der Waals surface area contributed by atoms with Gasteiger partial charge < -0.3 is 19.4 Å². The van der Waals surface area contributed by atoms with Crippen molar-refractivity contribution >= 4 is 23.1 Å². The van der Waals surface area contributed by atoms with E-state index in [4.69, 9.17) is 25.9 Å². The molecule has 0 amide bonds. The quantitative estimate of drug-likeness (QED) is 0.854. The first-order valence-electron chi connectivity index (χ1n) is 7.31. The lowest BCUT2D eigenvalue weighted by atomic mass is 9.88. The van der Waals surface area contributed by atoms with Crippen LogP contribution in [-0.2, 0) is 14.4 Å². The van der Waals surface area contributed by atoms with Gasteiger partial charge in [-0.2, -0.15) is 5.06 Å². The van der Waals surface area contributed by atoms with Gasteiger partial charge in [-0.3, -0.25) is 0 Å². The number of aliphatic hydroxyl groups is 1. The Kier molecular flexibility index (Phi) is 4.23. The Balaban J connectivity index is 2.00. The molecular formula is C16H18ClNO5. The van der Waals surface area contributed by atoms with Gasteiger partial charge in [-0.05, 0) is 18.2 Å². The third-order valence-corrected chi connectivity index (χ3v) is 4.72. The number of esters is 1. The van der Waals surface area contributed by atoms with Crippen LogP contribution in [0.2, 0.25) is 5.02 Å². The van der Waals surface area contributed by atoms with Crippen molar-refractivity contribution in [2.24, 2.45) is 0 Å². The fourth-order valence-electron chi connectivity index (χ4n) is 3.03. The molecule has 2 heterocycles. The number of nitrogens with zero attached hydrogens (tertiary/aromatic N) is 1. The first-order chi connectivity index (χ1) is 11.0. The summed E-state index contributed by atoms with van der Waals surface area (Å²) in [5, 5.41) is 12.8. The predicted molar refractivity (Wildman–Crippen MR) is 84.2 cm³/mol. The molecule has 124 valence electrons. The van der Waals surface area contributed by atoms with E-state index in [0.717, 1.165) is 0 Å². The smallest absolute Gasteiger partial charge is 0.343 e. The van der Waals surface area contributed by atoms with Gasteiger partial charge in [0.15, 0.2) is 11.4 Å². The third kappa shape index (κ3) is 2.67. The summed E-state index contributed by atoms with van der Waals surface area (Å²) in [6.45, 7) is 1.12. The molecule has 6 nitrogen and oxygen atoms in total. The molecule has 0 saturated carbocycles. The number of piperidine rings is 1. The molecule has 0 radical (unpaired) electrons. The van der Waals surface area contributed by atoms with E-state index in [-0.39, 0.29) is 11.3 Å². The van der Waals surface area contributed by atoms with Crippen LogP contribution in [0.5, 0.6) is 5.75 Å². The van der Waals surface area contributed by atoms with E-state index in [0.29, 0.717) is 42.3 Å². The van der Waals surface area contributed by atoms with Crippen LogP contribution in [0.25, 0.3) is 5.57 Å². The van der Waals surface area contributed by atoms with Gasteiger partial charge in [0.05, 0.1) is 14.2 Å². The Bertz CT molecular complexity index is 664. The Morgan fingerprint density at radius 2 is 2.00 bits per heavy atom. The highest BCUT2D eigenvalue weighted by atomic mass is 35.5. The Labute approximate surface area is 139 Å². The lowest BCUT2D eigenvalue weighted by Crippen LogP contribution is -2.45. The van der Waals surface area contributed by atoms with Crippen molar-refractivity contribution in [3.63, 3.8) is 0 Å². The monoisotopic (exact) mass is 339 g/mol. The highest BCUT2D eigenvalue weighted by Gasteiger charge is 2.50. The van der Waals surface area contributed by atoms with Crippen LogP contribution in [0.3, 0.4) is 0 Å². The average Bonchev–Trinajstić information content (AvgIpc) is 2.79. The summed E-state index contributed by atoms with van der Waals surface area (Å²) >= 11 is 6.20. The number of benzene rings is 1. The van der Waals surface area contributed by atoms with Crippen molar-refractivity contribution < 1.29 is 24.2 Å². The molecule has 0 aliphatic carbocycles. The molecule has 3 rings (SSSR count). The summed E-state index contributed by atoms with van der Waals surface area (Å²) < 4.78 is 10.7. The number of ether oxygens (including phenoxy) is 2. The van der Waals surface area contributed by atoms with Crippen molar-refractivity contribution in [3.05, 3.63) is 34.5 Å². The topological polar surface area (TPSA) is 68.2 Å². The van der Waals surface area contributed by atoms with Gasteiger partial charge >= 0.3 is 5.97 Å². The second-order valence-electron chi connectivity index (χ2n) is 5.56. The van der Waals surface area contributed by atoms with E-state index in [1.807, 2.05) is 0 Å². The molecular weight excluding hydrogens is 322 g/mol. The largest absolute Gasteiger partial charge is 0.507 e. The minimum atomic E-state index is -0.992. The maximum absolute atomic E-state index is 12.4. The molecule has 7 heteroatoms. The molecule has 1 saturated heterocycles. The number of aliphatic hydroxyl groups excluding tert-OH is 1. The number of halogens is 1. The summed E-state index contributed by atoms with van der Waals surface area (Å²) in [4.78, 5) is 17.6. The molecule has 0 aromatic heterocycles. The molecule has 1 fully saturated rings. The number of hydrogen-bond donors (Lipinski definition) is 1. The zero-order valence-corrected chi connectivity index (χ0v) is 13.7. The van der Waals surface area contributed by atoms with Crippen molar-refractivity contribution in [1.29, 1.82) is 0 Å². The predicted octanol–water partition coefficient (Wildman–Crippen LogP) is 2.57. The van der Waals surface area contributed by atoms with E-state index in [2.05, 4.69) is 0 Å². The fraction of sp³-hybridized carbons (Fsp3) is 0.438. The van der Waals surface area contributed by atoms with Crippen LogP contribution < -0.4 is 4.74 Å². The first kappa shape index (κ1) is 16.1. The van der Waals surface area contributed by atoms with Crippen LogP contribution in [-0.4, -0.2) is 49.0 Å². The molecule has 0 atom stereocenters. The lowest BCUT2D eigenvalue weighted by molar-refractivity contribution is -0.182. The van der Waals surface area contributed by atoms with E-state index < -0.39 is 11.6 Å². The zero-order chi connectivity index (χ0) is 16.6. The van der Waals surface area contributed by atoms with Crippen LogP contribution >= 0.6 is 11.6 Å². The molecule has 1 N–H and O–H groups in total. The molecule has 0 bridgehead atoms. The number of rotatable bonds is 3. The molecule has 1 aromatic rings. The van der Waals surface area contributed by atoms with E-state index in [9.17, 15) is 9.90 Å². The molecule has 2 aliphatic heterocycles. The van der Waals surface area contributed by atoms with Gasteiger partial charge in [0.25, 0.3) is 0 Å². The highest BCUT2D eigenvalue weighted by molar-refractivity contribution is 6.35. The second-order valence-corrected chi connectivity index (χ2v) is 5.97. The summed E-state index contributed by atoms with van der Waals surface area (Å²) in [5.74, 6) is -0.0791. The van der Waals surface area contributed by atoms with Crippen LogP contribution in [0, 0.1) is 0 Å². The van der Waals surface area contributed by atoms with Gasteiger partial charge in [0.2, 0.25) is 0 Å². The van der Waals surface area contributed by atoms with Gasteiger partial charge in [-0.15, -0.1) is 0 Å². The summed E-state index contributed by atoms with van der Waals surface area (Å²) in [6.07, 6.45) is 0.924. The molecule has 1 aromatic carbocycles. The first-order valence-corrected chi connectivity index (χ1v) is 7.68. The van der Waals surface area contributed by atoms with Crippen LogP contribution in [0.4, 0.5) is 0 Å². The van der Waals surface area contributed by atoms with Crippen molar-refractivity contribution in [2.75, 3.05) is 27.3 Å². The van der Waals surface area contributed by atoms with Gasteiger partial charge in [0.1, 0.15) is 11.3 Å². The van der Waals surface area contributed by atoms with E-state index >= 15 is 0 Å². The minimum Gasteiger partial charge on any atom is -0.507 e. The van der Waals surface area contributed by atoms with Crippen molar-refractivity contribution in [2.45, 2.75) is 18.4 Å². The Hall–Kier alpha value is -1.76. The van der Waals surface area contributed by atoms with Crippen molar-refractivity contribution in [1.82, 2.24) is 5.06 Å². The maximum atomic E-state index is 12.4. The van der Waals surface area contributed by atoms with Gasteiger partial charge in [0, 0.05) is 36.5 Å². The van der Waals surface area contributed by atoms with E-state index in [1.54, 1.807) is 30.4 Å². The summed E-state index contributed by atoms with van der Waals surface area (Å²) in [7, 11) is 3.12. The van der Waals surface area contributed by atoms with Crippen molar-refractivity contribution in [3.8, 4) is 5.75 Å². The summed E-state index contributed by atoms with van der Waals surface area (Å²) in [5.41, 5.74) is -0.465. The second kappa shape index (κ2) is 6.03. The number of hydroxylamine groups is 2. The molecule has 2 aliphatic rings. The highest BCUT2D eigenvalue weighted by Crippen LogP contribution is 2.44. The third-order valence-electron chi connectivity index (χ3n) is 4.39. The van der Waals surface area contributed by atoms with Crippen LogP contribution in [0.1, 0.15) is 18.4 Å². The fourth-order valence-corrected chi connectivity index (χ4v) is 3.24. The maximum Gasteiger partial charge on any atom is 0.343 e.